The molecule has 0 fully saturated rings. The van der Waals surface area contributed by atoms with Gasteiger partial charge in [-0.1, -0.05) is 12.2 Å². The summed E-state index contributed by atoms with van der Waals surface area (Å²) in [6.07, 6.45) is 6.79. The quantitative estimate of drug-likeness (QED) is 0.651. The topological polar surface area (TPSA) is 101 Å². The zero-order chi connectivity index (χ0) is 21.3. The SMILES string of the molecule is COc1cc(Cn2c(=O)c3ccc(N)nc3n(C3C=CCCC3)c2=O)cc(OC)c1. The normalized spacial score (nSPS) is 16.0. The molecule has 2 N–H and O–H groups in total. The molecule has 0 bridgehead atoms. The van der Waals surface area contributed by atoms with Crippen LogP contribution in [0.5, 0.6) is 11.5 Å². The van der Waals surface area contributed by atoms with E-state index >= 15 is 0 Å². The maximum Gasteiger partial charge on any atom is 0.333 e. The number of nitrogen functional groups attached to an aromatic ring is 1. The highest BCUT2D eigenvalue weighted by Crippen LogP contribution is 2.25. The summed E-state index contributed by atoms with van der Waals surface area (Å²) in [6, 6.07) is 8.34. The van der Waals surface area contributed by atoms with E-state index in [0.29, 0.717) is 22.5 Å². The number of allylic oxidation sites excluding steroid dienone is 2. The average molecular weight is 408 g/mol. The van der Waals surface area contributed by atoms with Crippen molar-refractivity contribution < 1.29 is 9.47 Å². The van der Waals surface area contributed by atoms with Gasteiger partial charge in [-0.05, 0) is 49.1 Å². The number of anilines is 1. The minimum Gasteiger partial charge on any atom is -0.497 e. The third-order valence-electron chi connectivity index (χ3n) is 5.35. The number of ether oxygens (including phenoxy) is 2. The molecule has 0 saturated heterocycles. The Bertz CT molecular complexity index is 1220. The molecule has 4 rings (SSSR count). The molecule has 3 aromatic rings. The van der Waals surface area contributed by atoms with Gasteiger partial charge < -0.3 is 15.2 Å². The summed E-state index contributed by atoms with van der Waals surface area (Å²) in [7, 11) is 3.11. The van der Waals surface area contributed by atoms with Gasteiger partial charge in [0.1, 0.15) is 17.3 Å². The molecule has 0 spiro atoms. The van der Waals surface area contributed by atoms with Gasteiger partial charge in [0.15, 0.2) is 5.65 Å². The maximum absolute atomic E-state index is 13.5. The molecule has 2 heterocycles. The van der Waals surface area contributed by atoms with Crippen molar-refractivity contribution in [2.24, 2.45) is 0 Å². The van der Waals surface area contributed by atoms with Gasteiger partial charge in [-0.3, -0.25) is 13.9 Å². The van der Waals surface area contributed by atoms with Crippen LogP contribution in [0.1, 0.15) is 30.9 Å². The van der Waals surface area contributed by atoms with Crippen LogP contribution in [-0.4, -0.2) is 28.3 Å². The van der Waals surface area contributed by atoms with Gasteiger partial charge in [-0.25, -0.2) is 9.78 Å². The second kappa shape index (κ2) is 8.06. The summed E-state index contributed by atoms with van der Waals surface area (Å²) in [4.78, 5) is 31.0. The van der Waals surface area contributed by atoms with Crippen LogP contribution in [-0.2, 0) is 6.54 Å². The van der Waals surface area contributed by atoms with E-state index in [2.05, 4.69) is 11.1 Å². The number of nitrogens with two attached hydrogens (primary N) is 1. The lowest BCUT2D eigenvalue weighted by Gasteiger charge is -2.22. The largest absolute Gasteiger partial charge is 0.497 e. The number of rotatable bonds is 5. The number of benzene rings is 1. The molecule has 8 heteroatoms. The highest BCUT2D eigenvalue weighted by atomic mass is 16.5. The first kappa shape index (κ1) is 19.8. The van der Waals surface area contributed by atoms with Crippen LogP contribution in [0.15, 0.2) is 52.1 Å². The minimum atomic E-state index is -0.413. The van der Waals surface area contributed by atoms with Crippen LogP contribution in [0, 0.1) is 0 Å². The molecule has 1 aromatic carbocycles. The van der Waals surface area contributed by atoms with Gasteiger partial charge in [-0.15, -0.1) is 0 Å². The summed E-state index contributed by atoms with van der Waals surface area (Å²) >= 11 is 0. The van der Waals surface area contributed by atoms with Crippen LogP contribution >= 0.6 is 0 Å². The molecule has 156 valence electrons. The van der Waals surface area contributed by atoms with Crippen molar-refractivity contribution in [3.8, 4) is 11.5 Å². The van der Waals surface area contributed by atoms with Crippen LogP contribution in [0.2, 0.25) is 0 Å². The van der Waals surface area contributed by atoms with Crippen molar-refractivity contribution in [1.82, 2.24) is 14.1 Å². The first-order valence-electron chi connectivity index (χ1n) is 9.82. The fourth-order valence-electron chi connectivity index (χ4n) is 3.85. The Morgan fingerprint density at radius 1 is 1.13 bits per heavy atom. The molecule has 0 saturated carbocycles. The lowest BCUT2D eigenvalue weighted by Crippen LogP contribution is -2.42. The first-order chi connectivity index (χ1) is 14.5. The second-order valence-corrected chi connectivity index (χ2v) is 7.30. The molecule has 8 nitrogen and oxygen atoms in total. The van der Waals surface area contributed by atoms with Gasteiger partial charge in [-0.2, -0.15) is 0 Å². The predicted molar refractivity (Wildman–Crippen MR) is 115 cm³/mol. The van der Waals surface area contributed by atoms with E-state index < -0.39 is 11.2 Å². The standard InChI is InChI=1S/C22H24N4O4/c1-29-16-10-14(11-17(12-16)30-2)13-25-21(27)18-8-9-19(23)24-20(18)26(22(25)28)15-6-4-3-5-7-15/h4,6,8-12,15H,3,5,7,13H2,1-2H3,(H2,23,24). The third-order valence-corrected chi connectivity index (χ3v) is 5.35. The van der Waals surface area contributed by atoms with E-state index in [4.69, 9.17) is 15.2 Å². The van der Waals surface area contributed by atoms with Crippen molar-refractivity contribution in [1.29, 1.82) is 0 Å². The van der Waals surface area contributed by atoms with Crippen LogP contribution < -0.4 is 26.5 Å². The van der Waals surface area contributed by atoms with E-state index in [1.807, 2.05) is 6.08 Å². The number of hydrogen-bond donors (Lipinski definition) is 1. The number of aromatic nitrogens is 3. The summed E-state index contributed by atoms with van der Waals surface area (Å²) in [5.74, 6) is 1.44. The third kappa shape index (κ3) is 3.56. The molecule has 0 amide bonds. The number of fused-ring (bicyclic) bond motifs is 1. The Kier molecular flexibility index (Phi) is 5.31. The van der Waals surface area contributed by atoms with Gasteiger partial charge in [0.2, 0.25) is 0 Å². The molecule has 1 unspecified atom stereocenters. The van der Waals surface area contributed by atoms with E-state index in [9.17, 15) is 9.59 Å². The molecule has 1 aliphatic rings. The van der Waals surface area contributed by atoms with E-state index in [1.54, 1.807) is 49.1 Å². The molecule has 0 radical (unpaired) electrons. The zero-order valence-electron chi connectivity index (χ0n) is 17.0. The zero-order valence-corrected chi connectivity index (χ0v) is 17.0. The van der Waals surface area contributed by atoms with Gasteiger partial charge in [0.05, 0.1) is 32.2 Å². The predicted octanol–water partition coefficient (Wildman–Crippen LogP) is 2.49. The van der Waals surface area contributed by atoms with Crippen LogP contribution in [0.4, 0.5) is 5.82 Å². The van der Waals surface area contributed by atoms with Crippen molar-refractivity contribution in [2.75, 3.05) is 20.0 Å². The lowest BCUT2D eigenvalue weighted by molar-refractivity contribution is 0.393. The van der Waals surface area contributed by atoms with Crippen molar-refractivity contribution in [3.05, 3.63) is 68.9 Å². The number of methoxy groups -OCH3 is 2. The van der Waals surface area contributed by atoms with Crippen molar-refractivity contribution in [3.63, 3.8) is 0 Å². The maximum atomic E-state index is 13.5. The summed E-state index contributed by atoms with van der Waals surface area (Å²) in [5.41, 5.74) is 6.09. The van der Waals surface area contributed by atoms with E-state index in [-0.39, 0.29) is 18.4 Å². The Balaban J connectivity index is 1.94. The number of nitrogens with zero attached hydrogens (tertiary/aromatic N) is 3. The van der Waals surface area contributed by atoms with E-state index in [1.165, 1.54) is 4.57 Å². The Morgan fingerprint density at radius 2 is 1.87 bits per heavy atom. The Labute approximate surface area is 173 Å². The number of pyridine rings is 1. The van der Waals surface area contributed by atoms with Crippen LogP contribution in [0.3, 0.4) is 0 Å². The van der Waals surface area contributed by atoms with Crippen molar-refractivity contribution in [2.45, 2.75) is 31.8 Å². The molecular weight excluding hydrogens is 384 g/mol. The van der Waals surface area contributed by atoms with Crippen molar-refractivity contribution >= 4 is 16.9 Å². The molecular formula is C22H24N4O4. The summed E-state index contributed by atoms with van der Waals surface area (Å²) < 4.78 is 13.4. The monoisotopic (exact) mass is 408 g/mol. The fourth-order valence-corrected chi connectivity index (χ4v) is 3.85. The highest BCUT2D eigenvalue weighted by molar-refractivity contribution is 5.76. The summed E-state index contributed by atoms with van der Waals surface area (Å²) in [5, 5.41) is 0.359. The highest BCUT2D eigenvalue weighted by Gasteiger charge is 2.21. The molecule has 2 aromatic heterocycles. The Morgan fingerprint density at radius 3 is 2.50 bits per heavy atom. The average Bonchev–Trinajstić information content (AvgIpc) is 2.77. The first-order valence-corrected chi connectivity index (χ1v) is 9.82. The molecule has 1 atom stereocenters. The molecule has 0 aliphatic heterocycles. The van der Waals surface area contributed by atoms with Gasteiger partial charge >= 0.3 is 5.69 Å². The fraction of sp³-hybridized carbons (Fsp3) is 0.318. The number of hydrogen-bond acceptors (Lipinski definition) is 6. The van der Waals surface area contributed by atoms with Gasteiger partial charge in [0, 0.05) is 6.07 Å². The van der Waals surface area contributed by atoms with E-state index in [0.717, 1.165) is 24.8 Å². The molecule has 1 aliphatic carbocycles. The Hall–Kier alpha value is -3.55. The summed E-state index contributed by atoms with van der Waals surface area (Å²) in [6.45, 7) is 0.0853. The smallest absolute Gasteiger partial charge is 0.333 e. The van der Waals surface area contributed by atoms with Crippen LogP contribution in [0.25, 0.3) is 11.0 Å². The second-order valence-electron chi connectivity index (χ2n) is 7.30. The molecule has 30 heavy (non-hydrogen) atoms. The minimum absolute atomic E-state index is 0.0853. The lowest BCUT2D eigenvalue weighted by atomic mass is 10.0. The van der Waals surface area contributed by atoms with Gasteiger partial charge in [0.25, 0.3) is 5.56 Å².